The van der Waals surface area contributed by atoms with Gasteiger partial charge < -0.3 is 44.2 Å². The SMILES string of the molecule is COC1c2cc3cc(C)oc(=O)c3c(O)c2O[C@@]2(Oc3c(O)c4c(c(O)c3C2O)C(=O)C=C(C=O)C4=O)[C@H]1O. The number of hydrogen-bond acceptors (Lipinski definition) is 13. The summed E-state index contributed by atoms with van der Waals surface area (Å²) in [6.07, 6.45) is -4.66. The average Bonchev–Trinajstić information content (AvgIpc) is 3.18. The number of ether oxygens (including phenoxy) is 3. The van der Waals surface area contributed by atoms with Crippen molar-refractivity contribution in [1.29, 1.82) is 0 Å². The van der Waals surface area contributed by atoms with E-state index < -0.39 is 92.3 Å². The van der Waals surface area contributed by atoms with E-state index in [9.17, 15) is 44.7 Å². The number of methoxy groups -OCH3 is 1. The van der Waals surface area contributed by atoms with E-state index in [4.69, 9.17) is 18.6 Å². The summed E-state index contributed by atoms with van der Waals surface area (Å²) >= 11 is 0. The zero-order chi connectivity index (χ0) is 28.1. The van der Waals surface area contributed by atoms with Gasteiger partial charge in [0.05, 0.1) is 22.3 Å². The first kappa shape index (κ1) is 24.6. The Balaban J connectivity index is 1.58. The molecule has 1 aromatic heterocycles. The third-order valence-corrected chi connectivity index (χ3v) is 7.16. The molecule has 3 heterocycles. The number of hydrogen-bond donors (Lipinski definition) is 5. The Morgan fingerprint density at radius 2 is 1.67 bits per heavy atom. The predicted octanol–water partition coefficient (Wildman–Crippen LogP) is 0.986. The average molecular weight is 538 g/mol. The molecule has 5 N–H and O–H groups in total. The highest BCUT2D eigenvalue weighted by atomic mass is 16.7. The number of allylic oxidation sites excluding steroid dienone is 2. The summed E-state index contributed by atoms with van der Waals surface area (Å²) in [6, 6.07) is 2.87. The summed E-state index contributed by atoms with van der Waals surface area (Å²) in [5.74, 6) is -8.34. The highest BCUT2D eigenvalue weighted by Crippen LogP contribution is 2.61. The lowest BCUT2D eigenvalue weighted by atomic mass is 9.84. The van der Waals surface area contributed by atoms with E-state index >= 15 is 0 Å². The second-order valence-electron chi connectivity index (χ2n) is 9.28. The van der Waals surface area contributed by atoms with Gasteiger partial charge in [-0.2, -0.15) is 0 Å². The molecule has 0 radical (unpaired) electrons. The Morgan fingerprint density at radius 1 is 0.974 bits per heavy atom. The molecule has 0 fully saturated rings. The number of phenolic OH excluding ortho intramolecular Hbond substituents is 3. The number of aromatic hydroxyl groups is 3. The van der Waals surface area contributed by atoms with Crippen LogP contribution in [-0.2, 0) is 9.53 Å². The number of Topliss-reactive ketones (excluding diaryl/α,β-unsaturated/α-hetero) is 1. The van der Waals surface area contributed by atoms with E-state index in [1.54, 1.807) is 0 Å². The number of carbonyl (C=O) groups is 3. The number of rotatable bonds is 2. The van der Waals surface area contributed by atoms with E-state index in [0.717, 1.165) is 0 Å². The maximum atomic E-state index is 12.8. The molecule has 1 aliphatic carbocycles. The summed E-state index contributed by atoms with van der Waals surface area (Å²) in [6.45, 7) is 1.52. The fourth-order valence-corrected chi connectivity index (χ4v) is 5.41. The van der Waals surface area contributed by atoms with Crippen molar-refractivity contribution in [2.45, 2.75) is 31.0 Å². The van der Waals surface area contributed by atoms with Crippen LogP contribution < -0.4 is 15.1 Å². The van der Waals surface area contributed by atoms with Gasteiger partial charge in [0, 0.05) is 18.7 Å². The van der Waals surface area contributed by atoms with Crippen LogP contribution in [0.5, 0.6) is 28.7 Å². The number of carbonyl (C=O) groups excluding carboxylic acids is 3. The monoisotopic (exact) mass is 538 g/mol. The first-order valence-electron chi connectivity index (χ1n) is 11.4. The molecule has 0 bridgehead atoms. The molecule has 3 aromatic rings. The molecule has 200 valence electrons. The molecule has 13 nitrogen and oxygen atoms in total. The van der Waals surface area contributed by atoms with Gasteiger partial charge >= 0.3 is 11.4 Å². The zero-order valence-electron chi connectivity index (χ0n) is 20.0. The minimum Gasteiger partial charge on any atom is -0.507 e. The Morgan fingerprint density at radius 3 is 2.33 bits per heavy atom. The van der Waals surface area contributed by atoms with Gasteiger partial charge in [0.2, 0.25) is 5.78 Å². The standard InChI is InChI=1S/C26H18O13/c1-7-3-8-4-10-20(18(31)12(8)25(35)37-7)38-26(24(34)21(10)36-2)23(33)15-17(30)13-11(28)5-9(6-27)16(29)14(13)19(32)22(15)39-26/h3-6,21,23-24,30-34H,1-2H3/t21?,23?,24-,26-/m0/s1. The van der Waals surface area contributed by atoms with Crippen LogP contribution in [0.3, 0.4) is 0 Å². The molecule has 2 aromatic carbocycles. The molecule has 1 spiro atoms. The van der Waals surface area contributed by atoms with Crippen LogP contribution in [0.15, 0.2) is 33.0 Å². The Bertz CT molecular complexity index is 1760. The van der Waals surface area contributed by atoms with Crippen molar-refractivity contribution in [3.63, 3.8) is 0 Å². The van der Waals surface area contributed by atoms with E-state index in [-0.39, 0.29) is 28.4 Å². The van der Waals surface area contributed by atoms with Gasteiger partial charge in [-0.15, -0.1) is 0 Å². The van der Waals surface area contributed by atoms with Crippen molar-refractivity contribution in [2.24, 2.45) is 0 Å². The van der Waals surface area contributed by atoms with E-state index in [2.05, 4.69) is 0 Å². The lowest BCUT2D eigenvalue weighted by Crippen LogP contribution is -2.59. The van der Waals surface area contributed by atoms with Crippen LogP contribution in [-0.4, -0.2) is 62.4 Å². The van der Waals surface area contributed by atoms with Gasteiger partial charge in [0.15, 0.2) is 47.3 Å². The number of aliphatic hydroxyl groups excluding tert-OH is 2. The van der Waals surface area contributed by atoms with Crippen LogP contribution in [0.1, 0.15) is 49.8 Å². The third kappa shape index (κ3) is 2.94. The third-order valence-electron chi connectivity index (χ3n) is 7.16. The highest BCUT2D eigenvalue weighted by Gasteiger charge is 2.64. The minimum atomic E-state index is -2.63. The van der Waals surface area contributed by atoms with Crippen molar-refractivity contribution < 1.29 is 58.5 Å². The molecule has 2 aliphatic heterocycles. The van der Waals surface area contributed by atoms with Crippen LogP contribution in [0.4, 0.5) is 0 Å². The fourth-order valence-electron chi connectivity index (χ4n) is 5.41. The Labute approximate surface area is 216 Å². The molecule has 0 amide bonds. The van der Waals surface area contributed by atoms with Gasteiger partial charge in [-0.25, -0.2) is 4.79 Å². The molecule has 6 rings (SSSR count). The second kappa shape index (κ2) is 7.89. The zero-order valence-corrected chi connectivity index (χ0v) is 20.0. The molecule has 0 saturated carbocycles. The first-order chi connectivity index (χ1) is 18.5. The van der Waals surface area contributed by atoms with Gasteiger partial charge in [0.1, 0.15) is 23.0 Å². The number of aliphatic hydroxyl groups is 2. The number of fused-ring (bicyclic) bond motifs is 4. The fraction of sp³-hybridized carbons (Fsp3) is 0.231. The summed E-state index contributed by atoms with van der Waals surface area (Å²) in [7, 11) is 1.20. The molecule has 4 atom stereocenters. The Kier molecular flexibility index (Phi) is 4.98. The molecule has 0 saturated heterocycles. The van der Waals surface area contributed by atoms with Crippen LogP contribution >= 0.6 is 0 Å². The number of ketones is 2. The summed E-state index contributed by atoms with van der Waals surface area (Å²) < 4.78 is 22.0. The van der Waals surface area contributed by atoms with Crippen molar-refractivity contribution in [3.05, 3.63) is 62.2 Å². The molecular weight excluding hydrogens is 520 g/mol. The molecule has 13 heteroatoms. The summed E-state index contributed by atoms with van der Waals surface area (Å²) in [4.78, 5) is 49.2. The second-order valence-corrected chi connectivity index (χ2v) is 9.28. The van der Waals surface area contributed by atoms with Crippen molar-refractivity contribution in [3.8, 4) is 28.7 Å². The quantitative estimate of drug-likeness (QED) is 0.175. The normalized spacial score (nSPS) is 25.0. The summed E-state index contributed by atoms with van der Waals surface area (Å²) in [5, 5.41) is 55.6. The number of benzene rings is 2. The van der Waals surface area contributed by atoms with Gasteiger partial charge in [0.25, 0.3) is 0 Å². The maximum absolute atomic E-state index is 12.8. The lowest BCUT2D eigenvalue weighted by Gasteiger charge is -2.43. The van der Waals surface area contributed by atoms with E-state index in [0.29, 0.717) is 6.08 Å². The Hall–Kier alpha value is -4.72. The number of phenols is 3. The number of aldehydes is 1. The smallest absolute Gasteiger partial charge is 0.347 e. The lowest BCUT2D eigenvalue weighted by molar-refractivity contribution is -0.263. The summed E-state index contributed by atoms with van der Waals surface area (Å²) in [5.41, 5.74) is -3.49. The van der Waals surface area contributed by atoms with Crippen LogP contribution in [0, 0.1) is 6.92 Å². The number of aryl methyl sites for hydroxylation is 1. The van der Waals surface area contributed by atoms with Gasteiger partial charge in [-0.3, -0.25) is 14.4 Å². The minimum absolute atomic E-state index is 0.0651. The van der Waals surface area contributed by atoms with E-state index in [1.165, 1.54) is 26.2 Å². The van der Waals surface area contributed by atoms with Crippen molar-refractivity contribution in [1.82, 2.24) is 0 Å². The first-order valence-corrected chi connectivity index (χ1v) is 11.4. The molecular formula is C26H18O13. The maximum Gasteiger partial charge on any atom is 0.347 e. The topological polar surface area (TPSA) is 210 Å². The van der Waals surface area contributed by atoms with Gasteiger partial charge in [-0.05, 0) is 24.4 Å². The van der Waals surface area contributed by atoms with Gasteiger partial charge in [-0.1, -0.05) is 0 Å². The van der Waals surface area contributed by atoms with Crippen molar-refractivity contribution in [2.75, 3.05) is 7.11 Å². The van der Waals surface area contributed by atoms with Crippen molar-refractivity contribution >= 4 is 28.6 Å². The molecule has 2 unspecified atom stereocenters. The van der Waals surface area contributed by atoms with E-state index in [1.807, 2.05) is 0 Å². The molecule has 39 heavy (non-hydrogen) atoms. The largest absolute Gasteiger partial charge is 0.507 e. The van der Waals surface area contributed by atoms with Crippen LogP contribution in [0.25, 0.3) is 10.8 Å². The highest BCUT2D eigenvalue weighted by molar-refractivity contribution is 6.33. The predicted molar refractivity (Wildman–Crippen MR) is 126 cm³/mol. The van der Waals surface area contributed by atoms with Crippen LogP contribution in [0.2, 0.25) is 0 Å². The molecule has 3 aliphatic rings.